The van der Waals surface area contributed by atoms with E-state index in [2.05, 4.69) is 16.7 Å². The van der Waals surface area contributed by atoms with Crippen LogP contribution in [0, 0.1) is 6.92 Å². The fourth-order valence-corrected chi connectivity index (χ4v) is 4.49. The van der Waals surface area contributed by atoms with Gasteiger partial charge in [0.25, 0.3) is 11.5 Å². The molecule has 0 aliphatic rings. The minimum absolute atomic E-state index is 0.0984. The number of hydrogen-bond donors (Lipinski definition) is 2. The monoisotopic (exact) mass is 474 g/mol. The highest BCUT2D eigenvalue weighted by Crippen LogP contribution is 2.17. The molecule has 2 aromatic heterocycles. The van der Waals surface area contributed by atoms with Gasteiger partial charge in [-0.2, -0.15) is 0 Å². The van der Waals surface area contributed by atoms with Crippen molar-refractivity contribution in [1.29, 1.82) is 0 Å². The summed E-state index contributed by atoms with van der Waals surface area (Å²) in [6.45, 7) is 1.78. The van der Waals surface area contributed by atoms with Crippen molar-refractivity contribution >= 4 is 34.5 Å². The van der Waals surface area contributed by atoms with Crippen molar-refractivity contribution in [3.8, 4) is 5.69 Å². The van der Waals surface area contributed by atoms with Crippen molar-refractivity contribution in [3.05, 3.63) is 98.6 Å². The first-order valence-electron chi connectivity index (χ1n) is 11.0. The van der Waals surface area contributed by atoms with E-state index in [1.165, 1.54) is 9.56 Å². The molecule has 4 rings (SSSR count). The van der Waals surface area contributed by atoms with Gasteiger partial charge in [-0.05, 0) is 61.5 Å². The summed E-state index contributed by atoms with van der Waals surface area (Å²) in [7, 11) is 1.77. The van der Waals surface area contributed by atoms with Gasteiger partial charge in [0.1, 0.15) is 5.69 Å². The maximum absolute atomic E-state index is 13.0. The lowest BCUT2D eigenvalue weighted by Crippen LogP contribution is -2.23. The van der Waals surface area contributed by atoms with E-state index in [0.717, 1.165) is 12.8 Å². The Bertz CT molecular complexity index is 1350. The fraction of sp³-hybridized carbons (Fsp3) is 0.192. The number of rotatable bonds is 8. The normalized spacial score (nSPS) is 10.8. The van der Waals surface area contributed by atoms with Gasteiger partial charge < -0.3 is 10.6 Å². The molecule has 0 saturated heterocycles. The van der Waals surface area contributed by atoms with E-state index in [9.17, 15) is 14.4 Å². The predicted octanol–water partition coefficient (Wildman–Crippen LogP) is 4.76. The molecular weight excluding hydrogens is 448 g/mol. The lowest BCUT2D eigenvalue weighted by Gasteiger charge is -2.08. The van der Waals surface area contributed by atoms with Crippen LogP contribution in [0.2, 0.25) is 0 Å². The average Bonchev–Trinajstić information content (AvgIpc) is 3.42. The second-order valence-corrected chi connectivity index (χ2v) is 8.98. The molecule has 0 spiro atoms. The number of nitrogens with zero attached hydrogens (tertiary/aromatic N) is 2. The average molecular weight is 475 g/mol. The quantitative estimate of drug-likeness (QED) is 0.386. The Morgan fingerprint density at radius 1 is 0.971 bits per heavy atom. The third-order valence-electron chi connectivity index (χ3n) is 5.61. The van der Waals surface area contributed by atoms with Gasteiger partial charge in [-0.25, -0.2) is 4.68 Å². The van der Waals surface area contributed by atoms with E-state index < -0.39 is 5.91 Å². The van der Waals surface area contributed by atoms with Crippen molar-refractivity contribution < 1.29 is 9.59 Å². The zero-order valence-electron chi connectivity index (χ0n) is 19.1. The molecule has 2 aromatic carbocycles. The highest BCUT2D eigenvalue weighted by molar-refractivity contribution is 7.09. The van der Waals surface area contributed by atoms with Crippen LogP contribution in [0.5, 0.6) is 0 Å². The number of aromatic nitrogens is 2. The predicted molar refractivity (Wildman–Crippen MR) is 136 cm³/mol. The largest absolute Gasteiger partial charge is 0.326 e. The van der Waals surface area contributed by atoms with Crippen molar-refractivity contribution in [2.45, 2.75) is 26.2 Å². The first-order valence-corrected chi connectivity index (χ1v) is 11.9. The fourth-order valence-electron chi connectivity index (χ4n) is 3.74. The molecule has 0 aliphatic heterocycles. The Kier molecular flexibility index (Phi) is 7.08. The first kappa shape index (κ1) is 23.3. The van der Waals surface area contributed by atoms with Crippen LogP contribution in [0.25, 0.3) is 5.69 Å². The van der Waals surface area contributed by atoms with Crippen molar-refractivity contribution in [2.75, 3.05) is 10.6 Å². The van der Waals surface area contributed by atoms with Crippen LogP contribution in [0.15, 0.2) is 76.9 Å². The molecule has 0 aliphatic carbocycles. The summed E-state index contributed by atoms with van der Waals surface area (Å²) in [5.41, 5.74) is 2.15. The lowest BCUT2D eigenvalue weighted by atomic mass is 10.1. The Morgan fingerprint density at radius 2 is 1.76 bits per heavy atom. The van der Waals surface area contributed by atoms with E-state index >= 15 is 0 Å². The number of para-hydroxylation sites is 1. The summed E-state index contributed by atoms with van der Waals surface area (Å²) in [5, 5.41) is 7.63. The van der Waals surface area contributed by atoms with E-state index in [0.29, 0.717) is 29.1 Å². The Hall–Kier alpha value is -3.91. The Morgan fingerprint density at radius 3 is 2.50 bits per heavy atom. The van der Waals surface area contributed by atoms with Crippen LogP contribution in [-0.4, -0.2) is 21.2 Å². The number of anilines is 2. The molecule has 174 valence electrons. The minimum atomic E-state index is -0.417. The number of thiophene rings is 1. The zero-order chi connectivity index (χ0) is 24.1. The second-order valence-electron chi connectivity index (χ2n) is 7.95. The van der Waals surface area contributed by atoms with E-state index in [1.807, 2.05) is 41.8 Å². The molecule has 0 saturated carbocycles. The molecular formula is C26H26N4O3S. The van der Waals surface area contributed by atoms with Crippen LogP contribution in [0.3, 0.4) is 0 Å². The summed E-state index contributed by atoms with van der Waals surface area (Å²) in [6.07, 6.45) is 2.02. The smallest absolute Gasteiger partial charge is 0.295 e. The molecule has 8 heteroatoms. The standard InChI is InChI=1S/C26H26N4O3S/c1-18-24(26(33)30(29(18)2)21-11-4-3-5-12-21)28-25(32)19-9-6-10-20(17-19)27-23(31)15-7-13-22-14-8-16-34-22/h3-6,8-12,14,16-17H,7,13,15H2,1-2H3,(H,27,31)(H,28,32). The van der Waals surface area contributed by atoms with Crippen LogP contribution in [0.1, 0.15) is 33.8 Å². The molecule has 2 amide bonds. The summed E-state index contributed by atoms with van der Waals surface area (Å²) in [6, 6.07) is 20.0. The van der Waals surface area contributed by atoms with Gasteiger partial charge in [0.15, 0.2) is 0 Å². The van der Waals surface area contributed by atoms with Gasteiger partial charge in [0.05, 0.1) is 11.4 Å². The van der Waals surface area contributed by atoms with Gasteiger partial charge >= 0.3 is 0 Å². The SMILES string of the molecule is Cc1c(NC(=O)c2cccc(NC(=O)CCCc3cccs3)c2)c(=O)n(-c2ccccc2)n1C. The van der Waals surface area contributed by atoms with Crippen molar-refractivity contribution in [2.24, 2.45) is 7.05 Å². The molecule has 34 heavy (non-hydrogen) atoms. The van der Waals surface area contributed by atoms with Crippen LogP contribution in [0.4, 0.5) is 11.4 Å². The number of carbonyl (C=O) groups excluding carboxylic acids is 2. The zero-order valence-corrected chi connectivity index (χ0v) is 19.9. The molecule has 2 heterocycles. The van der Waals surface area contributed by atoms with Crippen molar-refractivity contribution in [3.63, 3.8) is 0 Å². The summed E-state index contributed by atoms with van der Waals surface area (Å²) < 4.78 is 3.22. The highest BCUT2D eigenvalue weighted by Gasteiger charge is 2.19. The van der Waals surface area contributed by atoms with E-state index in [1.54, 1.807) is 54.3 Å². The topological polar surface area (TPSA) is 85.1 Å². The van der Waals surface area contributed by atoms with E-state index in [4.69, 9.17) is 0 Å². The number of carbonyl (C=O) groups is 2. The van der Waals surface area contributed by atoms with E-state index in [-0.39, 0.29) is 17.2 Å². The lowest BCUT2D eigenvalue weighted by molar-refractivity contribution is -0.116. The molecule has 0 bridgehead atoms. The second kappa shape index (κ2) is 10.4. The molecule has 0 unspecified atom stereocenters. The third-order valence-corrected chi connectivity index (χ3v) is 6.54. The van der Waals surface area contributed by atoms with Crippen LogP contribution in [-0.2, 0) is 18.3 Å². The Labute approximate surface area is 201 Å². The van der Waals surface area contributed by atoms with Crippen molar-refractivity contribution in [1.82, 2.24) is 9.36 Å². The summed E-state index contributed by atoms with van der Waals surface area (Å²) >= 11 is 1.69. The molecule has 0 atom stereocenters. The highest BCUT2D eigenvalue weighted by atomic mass is 32.1. The van der Waals surface area contributed by atoms with Gasteiger partial charge in [-0.15, -0.1) is 11.3 Å². The van der Waals surface area contributed by atoms with Crippen LogP contribution >= 0.6 is 11.3 Å². The third kappa shape index (κ3) is 5.18. The van der Waals surface area contributed by atoms with Gasteiger partial charge in [-0.1, -0.05) is 30.3 Å². The Balaban J connectivity index is 1.44. The molecule has 7 nitrogen and oxygen atoms in total. The number of nitrogens with one attached hydrogen (secondary N) is 2. The molecule has 4 aromatic rings. The first-order chi connectivity index (χ1) is 16.4. The molecule has 2 N–H and O–H groups in total. The minimum Gasteiger partial charge on any atom is -0.326 e. The van der Waals surface area contributed by atoms with Gasteiger partial charge in [0.2, 0.25) is 5.91 Å². The number of benzene rings is 2. The molecule has 0 fully saturated rings. The summed E-state index contributed by atoms with van der Waals surface area (Å²) in [4.78, 5) is 39.6. The van der Waals surface area contributed by atoms with Crippen LogP contribution < -0.4 is 16.2 Å². The maximum Gasteiger partial charge on any atom is 0.295 e. The number of hydrogen-bond acceptors (Lipinski definition) is 4. The van der Waals surface area contributed by atoms with Gasteiger partial charge in [0, 0.05) is 29.6 Å². The maximum atomic E-state index is 13.0. The molecule has 0 radical (unpaired) electrons. The van der Waals surface area contributed by atoms with Gasteiger partial charge in [-0.3, -0.25) is 19.1 Å². The number of amides is 2. The summed E-state index contributed by atoms with van der Waals surface area (Å²) in [5.74, 6) is -0.515. The number of aryl methyl sites for hydroxylation is 1.